The molecule has 2 aliphatic rings. The summed E-state index contributed by atoms with van der Waals surface area (Å²) >= 11 is 0. The van der Waals surface area contributed by atoms with Crippen molar-refractivity contribution in [1.29, 1.82) is 0 Å². The number of hydrogen-bond donors (Lipinski definition) is 1. The van der Waals surface area contributed by atoms with Crippen molar-refractivity contribution in [3.8, 4) is 0 Å². The molecule has 1 amide bonds. The molecule has 2 aliphatic carbocycles. The van der Waals surface area contributed by atoms with Crippen LogP contribution in [0.3, 0.4) is 0 Å². The lowest BCUT2D eigenvalue weighted by molar-refractivity contribution is -0.136. The van der Waals surface area contributed by atoms with Gasteiger partial charge in [-0.3, -0.25) is 4.79 Å². The van der Waals surface area contributed by atoms with Crippen LogP contribution in [-0.4, -0.2) is 30.4 Å². The molecule has 2 saturated carbocycles. The lowest BCUT2D eigenvalue weighted by atomic mass is 9.71. The standard InChI is InChI=1S/C17H32N2O.ClH/c1-14-8-4-5-9-15(14)19(2)16(20)12-17(13-18)10-6-3-7-11-17;/h14-15H,3-13,18H2,1-2H3;1H. The van der Waals surface area contributed by atoms with Crippen LogP contribution >= 0.6 is 12.4 Å². The molecular weight excluding hydrogens is 284 g/mol. The zero-order valence-electron chi connectivity index (χ0n) is 13.8. The molecular formula is C17H33ClN2O. The van der Waals surface area contributed by atoms with Crippen molar-refractivity contribution in [2.75, 3.05) is 13.6 Å². The summed E-state index contributed by atoms with van der Waals surface area (Å²) in [5.41, 5.74) is 6.12. The number of hydrogen-bond acceptors (Lipinski definition) is 2. The third-order valence-corrected chi connectivity index (χ3v) is 5.83. The average Bonchev–Trinajstić information content (AvgIpc) is 2.48. The van der Waals surface area contributed by atoms with E-state index in [2.05, 4.69) is 11.8 Å². The van der Waals surface area contributed by atoms with E-state index in [0.29, 0.717) is 30.8 Å². The minimum absolute atomic E-state index is 0. The minimum atomic E-state index is 0. The first-order valence-corrected chi connectivity index (χ1v) is 8.54. The number of carbonyl (C=O) groups excluding carboxylic acids is 1. The molecule has 2 rings (SSSR count). The van der Waals surface area contributed by atoms with Gasteiger partial charge in [-0.2, -0.15) is 0 Å². The van der Waals surface area contributed by atoms with Crippen molar-refractivity contribution >= 4 is 18.3 Å². The van der Waals surface area contributed by atoms with Crippen molar-refractivity contribution in [3.05, 3.63) is 0 Å². The van der Waals surface area contributed by atoms with Crippen molar-refractivity contribution in [2.24, 2.45) is 17.1 Å². The quantitative estimate of drug-likeness (QED) is 0.858. The van der Waals surface area contributed by atoms with Crippen LogP contribution in [-0.2, 0) is 4.79 Å². The van der Waals surface area contributed by atoms with E-state index in [1.165, 1.54) is 44.9 Å². The molecule has 124 valence electrons. The molecule has 3 nitrogen and oxygen atoms in total. The summed E-state index contributed by atoms with van der Waals surface area (Å²) in [7, 11) is 2.02. The van der Waals surface area contributed by atoms with Gasteiger partial charge in [-0.15, -0.1) is 12.4 Å². The molecule has 21 heavy (non-hydrogen) atoms. The normalized spacial score (nSPS) is 28.5. The summed E-state index contributed by atoms with van der Waals surface area (Å²) in [4.78, 5) is 14.7. The Morgan fingerprint density at radius 1 is 1.14 bits per heavy atom. The molecule has 2 atom stereocenters. The van der Waals surface area contributed by atoms with Gasteiger partial charge in [0.05, 0.1) is 0 Å². The van der Waals surface area contributed by atoms with Crippen molar-refractivity contribution in [2.45, 2.75) is 77.2 Å². The first-order chi connectivity index (χ1) is 9.58. The molecule has 0 aliphatic heterocycles. The van der Waals surface area contributed by atoms with Crippen LogP contribution in [0.25, 0.3) is 0 Å². The summed E-state index contributed by atoms with van der Waals surface area (Å²) in [6, 6.07) is 0.453. The Hall–Kier alpha value is -0.280. The Labute approximate surface area is 136 Å². The first-order valence-electron chi connectivity index (χ1n) is 8.54. The number of amides is 1. The van der Waals surface area contributed by atoms with Gasteiger partial charge >= 0.3 is 0 Å². The van der Waals surface area contributed by atoms with Gasteiger partial charge in [-0.25, -0.2) is 0 Å². The van der Waals surface area contributed by atoms with E-state index < -0.39 is 0 Å². The fraction of sp³-hybridized carbons (Fsp3) is 0.941. The van der Waals surface area contributed by atoms with E-state index >= 15 is 0 Å². The second kappa shape index (κ2) is 8.38. The summed E-state index contributed by atoms with van der Waals surface area (Å²) in [6.45, 7) is 2.97. The molecule has 0 aromatic rings. The van der Waals surface area contributed by atoms with Gasteiger partial charge in [-0.1, -0.05) is 39.0 Å². The van der Waals surface area contributed by atoms with Gasteiger partial charge < -0.3 is 10.6 Å². The molecule has 0 saturated heterocycles. The monoisotopic (exact) mass is 316 g/mol. The van der Waals surface area contributed by atoms with Gasteiger partial charge in [-0.05, 0) is 43.6 Å². The zero-order chi connectivity index (χ0) is 14.6. The van der Waals surface area contributed by atoms with Crippen LogP contribution in [0.5, 0.6) is 0 Å². The number of nitrogens with two attached hydrogens (primary N) is 1. The maximum atomic E-state index is 12.7. The van der Waals surface area contributed by atoms with Crippen LogP contribution in [0.2, 0.25) is 0 Å². The Bertz CT molecular complexity index is 329. The van der Waals surface area contributed by atoms with Crippen LogP contribution in [0.1, 0.15) is 71.1 Å². The summed E-state index contributed by atoms with van der Waals surface area (Å²) < 4.78 is 0. The molecule has 0 spiro atoms. The highest BCUT2D eigenvalue weighted by molar-refractivity contribution is 5.85. The third kappa shape index (κ3) is 4.59. The van der Waals surface area contributed by atoms with Crippen molar-refractivity contribution in [3.63, 3.8) is 0 Å². The molecule has 4 heteroatoms. The molecule has 2 fully saturated rings. The second-order valence-electron chi connectivity index (χ2n) is 7.28. The highest BCUT2D eigenvalue weighted by Crippen LogP contribution is 2.39. The zero-order valence-corrected chi connectivity index (χ0v) is 14.6. The van der Waals surface area contributed by atoms with Crippen molar-refractivity contribution < 1.29 is 4.79 Å². The highest BCUT2D eigenvalue weighted by atomic mass is 35.5. The number of carbonyl (C=O) groups is 1. The average molecular weight is 317 g/mol. The largest absolute Gasteiger partial charge is 0.342 e. The van der Waals surface area contributed by atoms with Crippen LogP contribution in [0.4, 0.5) is 0 Å². The van der Waals surface area contributed by atoms with E-state index in [-0.39, 0.29) is 17.8 Å². The van der Waals surface area contributed by atoms with Gasteiger partial charge in [0.2, 0.25) is 5.91 Å². The van der Waals surface area contributed by atoms with Crippen LogP contribution in [0, 0.1) is 11.3 Å². The van der Waals surface area contributed by atoms with Gasteiger partial charge in [0, 0.05) is 19.5 Å². The van der Waals surface area contributed by atoms with E-state index in [4.69, 9.17) is 5.73 Å². The third-order valence-electron chi connectivity index (χ3n) is 5.83. The first kappa shape index (κ1) is 18.8. The summed E-state index contributed by atoms with van der Waals surface area (Å²) in [5.74, 6) is 0.981. The second-order valence-corrected chi connectivity index (χ2v) is 7.28. The molecule has 0 aromatic heterocycles. The lowest BCUT2D eigenvalue weighted by Gasteiger charge is -2.40. The maximum Gasteiger partial charge on any atom is 0.223 e. The predicted octanol–water partition coefficient (Wildman–Crippen LogP) is 3.74. The minimum Gasteiger partial charge on any atom is -0.342 e. The lowest BCUT2D eigenvalue weighted by Crippen LogP contribution is -2.46. The van der Waals surface area contributed by atoms with E-state index in [9.17, 15) is 4.79 Å². The smallest absolute Gasteiger partial charge is 0.223 e. The number of halogens is 1. The Morgan fingerprint density at radius 3 is 2.33 bits per heavy atom. The maximum absolute atomic E-state index is 12.7. The van der Waals surface area contributed by atoms with Crippen molar-refractivity contribution in [1.82, 2.24) is 4.90 Å². The molecule has 0 radical (unpaired) electrons. The van der Waals surface area contributed by atoms with Crippen LogP contribution in [0.15, 0.2) is 0 Å². The van der Waals surface area contributed by atoms with Gasteiger partial charge in [0.25, 0.3) is 0 Å². The van der Waals surface area contributed by atoms with E-state index in [1.54, 1.807) is 0 Å². The topological polar surface area (TPSA) is 46.3 Å². The fourth-order valence-corrected chi connectivity index (χ4v) is 4.26. The predicted molar refractivity (Wildman–Crippen MR) is 90.6 cm³/mol. The molecule has 0 heterocycles. The fourth-order valence-electron chi connectivity index (χ4n) is 4.26. The van der Waals surface area contributed by atoms with E-state index in [0.717, 1.165) is 12.8 Å². The van der Waals surface area contributed by atoms with Gasteiger partial charge in [0.15, 0.2) is 0 Å². The van der Waals surface area contributed by atoms with E-state index in [1.807, 2.05) is 7.05 Å². The summed E-state index contributed by atoms with van der Waals surface area (Å²) in [6.07, 6.45) is 11.8. The molecule has 0 bridgehead atoms. The highest BCUT2D eigenvalue weighted by Gasteiger charge is 2.36. The summed E-state index contributed by atoms with van der Waals surface area (Å²) in [5, 5.41) is 0. The van der Waals surface area contributed by atoms with Gasteiger partial charge in [0.1, 0.15) is 0 Å². The molecule has 0 aromatic carbocycles. The number of nitrogens with zero attached hydrogens (tertiary/aromatic N) is 1. The SMILES string of the molecule is CC1CCCCC1N(C)C(=O)CC1(CN)CCCCC1.Cl. The molecule has 2 unspecified atom stereocenters. The number of rotatable bonds is 4. The van der Waals surface area contributed by atoms with Crippen LogP contribution < -0.4 is 5.73 Å². The Kier molecular flexibility index (Phi) is 7.49. The molecule has 2 N–H and O–H groups in total. The Balaban J connectivity index is 0.00000220. The Morgan fingerprint density at radius 2 is 1.76 bits per heavy atom.